The Hall–Kier alpha value is -2.42. The van der Waals surface area contributed by atoms with E-state index in [1.54, 1.807) is 6.92 Å². The number of hydrogen-bond donors (Lipinski definition) is 2. The fourth-order valence-corrected chi connectivity index (χ4v) is 2.10. The van der Waals surface area contributed by atoms with Crippen molar-refractivity contribution in [3.63, 3.8) is 0 Å². The Morgan fingerprint density at radius 2 is 2.15 bits per heavy atom. The van der Waals surface area contributed by atoms with Crippen molar-refractivity contribution in [2.24, 2.45) is 5.92 Å². The lowest BCUT2D eigenvalue weighted by atomic mass is 9.95. The first kappa shape index (κ1) is 14.0. The average molecular weight is 273 g/mol. The molecule has 0 saturated heterocycles. The van der Waals surface area contributed by atoms with Gasteiger partial charge in [-0.25, -0.2) is 9.78 Å². The van der Waals surface area contributed by atoms with E-state index in [1.165, 1.54) is 19.1 Å². The van der Waals surface area contributed by atoms with E-state index in [0.717, 1.165) is 12.8 Å². The Morgan fingerprint density at radius 3 is 2.60 bits per heavy atom. The molecule has 104 valence electrons. The number of aryl methyl sites for hydroxylation is 1. The van der Waals surface area contributed by atoms with E-state index in [4.69, 9.17) is 5.26 Å². The number of pyridine rings is 1. The molecule has 0 bridgehead atoms. The predicted molar refractivity (Wildman–Crippen MR) is 69.9 cm³/mol. The number of carbonyl (C=O) groups is 2. The van der Waals surface area contributed by atoms with Gasteiger partial charge < -0.3 is 10.4 Å². The van der Waals surface area contributed by atoms with E-state index in [-0.39, 0.29) is 11.6 Å². The Kier molecular flexibility index (Phi) is 3.45. The Balaban J connectivity index is 2.22. The van der Waals surface area contributed by atoms with Crippen LogP contribution in [0.15, 0.2) is 12.1 Å². The Labute approximate surface area is 116 Å². The summed E-state index contributed by atoms with van der Waals surface area (Å²) in [5, 5.41) is 20.7. The first-order valence-corrected chi connectivity index (χ1v) is 6.32. The zero-order valence-electron chi connectivity index (χ0n) is 11.3. The molecule has 20 heavy (non-hydrogen) atoms. The SMILES string of the molecule is Cc1nc(C(=O)NC(C)(C(=O)O)C2CC2)ccc1C#N. The monoisotopic (exact) mass is 273 g/mol. The molecule has 1 atom stereocenters. The predicted octanol–water partition coefficient (Wildman–Crippen LogP) is 1.24. The molecule has 1 aromatic heterocycles. The summed E-state index contributed by atoms with van der Waals surface area (Å²) in [5.41, 5.74) is -0.302. The molecule has 0 aliphatic heterocycles. The maximum absolute atomic E-state index is 12.1. The van der Waals surface area contributed by atoms with Crippen molar-refractivity contribution in [1.82, 2.24) is 10.3 Å². The first-order valence-electron chi connectivity index (χ1n) is 6.32. The lowest BCUT2D eigenvalue weighted by Crippen LogP contribution is -2.54. The molecule has 0 spiro atoms. The molecule has 6 nitrogen and oxygen atoms in total. The molecule has 1 fully saturated rings. The van der Waals surface area contributed by atoms with Crippen LogP contribution in [0.25, 0.3) is 0 Å². The van der Waals surface area contributed by atoms with E-state index in [1.807, 2.05) is 6.07 Å². The second kappa shape index (κ2) is 4.93. The topological polar surface area (TPSA) is 103 Å². The third-order valence-electron chi connectivity index (χ3n) is 3.65. The number of aliphatic carboxylic acids is 1. The van der Waals surface area contributed by atoms with Crippen LogP contribution < -0.4 is 5.32 Å². The van der Waals surface area contributed by atoms with Crippen molar-refractivity contribution in [2.75, 3.05) is 0 Å². The van der Waals surface area contributed by atoms with Gasteiger partial charge in [-0.2, -0.15) is 5.26 Å². The van der Waals surface area contributed by atoms with Crippen molar-refractivity contribution in [1.29, 1.82) is 5.26 Å². The lowest BCUT2D eigenvalue weighted by molar-refractivity contribution is -0.144. The molecule has 1 amide bonds. The van der Waals surface area contributed by atoms with Crippen LogP contribution in [-0.2, 0) is 4.79 Å². The van der Waals surface area contributed by atoms with Crippen molar-refractivity contribution in [3.8, 4) is 6.07 Å². The smallest absolute Gasteiger partial charge is 0.329 e. The van der Waals surface area contributed by atoms with Crippen molar-refractivity contribution in [3.05, 3.63) is 29.1 Å². The molecular formula is C14H15N3O3. The summed E-state index contributed by atoms with van der Waals surface area (Å²) >= 11 is 0. The van der Waals surface area contributed by atoms with E-state index >= 15 is 0 Å². The van der Waals surface area contributed by atoms with Crippen molar-refractivity contribution in [2.45, 2.75) is 32.2 Å². The molecule has 1 aliphatic rings. The maximum atomic E-state index is 12.1. The number of nitrogens with zero attached hydrogens (tertiary/aromatic N) is 2. The van der Waals surface area contributed by atoms with Crippen LogP contribution in [0.3, 0.4) is 0 Å². The second-order valence-corrected chi connectivity index (χ2v) is 5.18. The standard InChI is InChI=1S/C14H15N3O3/c1-8-9(7-15)3-6-11(16-8)12(18)17-14(2,13(19)20)10-4-5-10/h3,6,10H,4-5H2,1-2H3,(H,17,18)(H,19,20). The molecule has 1 saturated carbocycles. The Morgan fingerprint density at radius 1 is 1.50 bits per heavy atom. The second-order valence-electron chi connectivity index (χ2n) is 5.18. The third-order valence-corrected chi connectivity index (χ3v) is 3.65. The number of carbonyl (C=O) groups excluding carboxylic acids is 1. The molecule has 1 aromatic rings. The summed E-state index contributed by atoms with van der Waals surface area (Å²) in [6, 6.07) is 4.90. The summed E-state index contributed by atoms with van der Waals surface area (Å²) in [5.74, 6) is -1.61. The molecule has 6 heteroatoms. The van der Waals surface area contributed by atoms with Gasteiger partial charge in [-0.1, -0.05) is 0 Å². The number of nitriles is 1. The number of aromatic nitrogens is 1. The summed E-state index contributed by atoms with van der Waals surface area (Å²) in [6.45, 7) is 3.15. The average Bonchev–Trinajstić information content (AvgIpc) is 3.22. The van der Waals surface area contributed by atoms with Gasteiger partial charge in [0.25, 0.3) is 5.91 Å². The minimum atomic E-state index is -1.26. The van der Waals surface area contributed by atoms with E-state index < -0.39 is 17.4 Å². The third kappa shape index (κ3) is 2.48. The molecule has 1 aliphatic carbocycles. The van der Waals surface area contributed by atoms with Gasteiger partial charge in [0, 0.05) is 0 Å². The molecule has 1 heterocycles. The van der Waals surface area contributed by atoms with Crippen molar-refractivity contribution >= 4 is 11.9 Å². The largest absolute Gasteiger partial charge is 0.480 e. The summed E-state index contributed by atoms with van der Waals surface area (Å²) in [7, 11) is 0. The number of carboxylic acids is 1. The quantitative estimate of drug-likeness (QED) is 0.859. The maximum Gasteiger partial charge on any atom is 0.329 e. The van der Waals surface area contributed by atoms with Gasteiger partial charge in [0.15, 0.2) is 0 Å². The Bertz CT molecular complexity index is 617. The summed E-state index contributed by atoms with van der Waals surface area (Å²) in [4.78, 5) is 27.5. The molecular weight excluding hydrogens is 258 g/mol. The van der Waals surface area contributed by atoms with Crippen LogP contribution >= 0.6 is 0 Å². The minimum absolute atomic E-state index is 0.0385. The van der Waals surface area contributed by atoms with Crippen LogP contribution in [-0.4, -0.2) is 27.5 Å². The zero-order valence-corrected chi connectivity index (χ0v) is 11.3. The summed E-state index contributed by atoms with van der Waals surface area (Å²) < 4.78 is 0. The van der Waals surface area contributed by atoms with Gasteiger partial charge in [0.1, 0.15) is 17.3 Å². The highest BCUT2D eigenvalue weighted by molar-refractivity contribution is 5.96. The first-order chi connectivity index (χ1) is 9.38. The minimum Gasteiger partial charge on any atom is -0.480 e. The number of carboxylic acid groups (broad SMARTS) is 1. The molecule has 0 radical (unpaired) electrons. The highest BCUT2D eigenvalue weighted by atomic mass is 16.4. The number of amides is 1. The molecule has 2 rings (SSSR count). The van der Waals surface area contributed by atoms with Gasteiger partial charge in [0.05, 0.1) is 11.3 Å². The van der Waals surface area contributed by atoms with E-state index in [9.17, 15) is 14.7 Å². The van der Waals surface area contributed by atoms with Crippen LogP contribution in [0.2, 0.25) is 0 Å². The van der Waals surface area contributed by atoms with E-state index in [2.05, 4.69) is 10.3 Å². The normalized spacial score (nSPS) is 16.9. The lowest BCUT2D eigenvalue weighted by Gasteiger charge is -2.25. The van der Waals surface area contributed by atoms with Gasteiger partial charge in [-0.05, 0) is 44.7 Å². The van der Waals surface area contributed by atoms with Crippen LogP contribution in [0.1, 0.15) is 41.5 Å². The van der Waals surface area contributed by atoms with Gasteiger partial charge in [0.2, 0.25) is 0 Å². The van der Waals surface area contributed by atoms with Gasteiger partial charge in [-0.3, -0.25) is 4.79 Å². The molecule has 1 unspecified atom stereocenters. The highest BCUT2D eigenvalue weighted by Gasteiger charge is 2.48. The van der Waals surface area contributed by atoms with Gasteiger partial charge in [-0.15, -0.1) is 0 Å². The molecule has 2 N–H and O–H groups in total. The fraction of sp³-hybridized carbons (Fsp3) is 0.429. The fourth-order valence-electron chi connectivity index (χ4n) is 2.10. The highest BCUT2D eigenvalue weighted by Crippen LogP contribution is 2.39. The zero-order chi connectivity index (χ0) is 14.9. The van der Waals surface area contributed by atoms with Crippen molar-refractivity contribution < 1.29 is 14.7 Å². The number of rotatable bonds is 4. The van der Waals surface area contributed by atoms with Crippen LogP contribution in [0.4, 0.5) is 0 Å². The van der Waals surface area contributed by atoms with Crippen LogP contribution in [0.5, 0.6) is 0 Å². The number of hydrogen-bond acceptors (Lipinski definition) is 4. The van der Waals surface area contributed by atoms with Crippen LogP contribution in [0, 0.1) is 24.2 Å². The molecule has 0 aromatic carbocycles. The number of nitrogens with one attached hydrogen (secondary N) is 1. The van der Waals surface area contributed by atoms with Gasteiger partial charge >= 0.3 is 5.97 Å². The summed E-state index contributed by atoms with van der Waals surface area (Å²) in [6.07, 6.45) is 1.59. The van der Waals surface area contributed by atoms with E-state index in [0.29, 0.717) is 11.3 Å².